The van der Waals surface area contributed by atoms with Crippen LogP contribution >= 0.6 is 0 Å². The number of ether oxygens (including phenoxy) is 1. The predicted molar refractivity (Wildman–Crippen MR) is 74.2 cm³/mol. The Bertz CT molecular complexity index is 442. The molecule has 5 heteroatoms. The second kappa shape index (κ2) is 7.41. The van der Waals surface area contributed by atoms with E-state index in [0.29, 0.717) is 24.5 Å². The lowest BCUT2D eigenvalue weighted by Crippen LogP contribution is -2.33. The van der Waals surface area contributed by atoms with Gasteiger partial charge < -0.3 is 15.0 Å². The Kier molecular flexibility index (Phi) is 5.85. The highest BCUT2D eigenvalue weighted by molar-refractivity contribution is 6.03. The second-order valence-corrected chi connectivity index (χ2v) is 4.02. The van der Waals surface area contributed by atoms with E-state index in [4.69, 9.17) is 4.74 Å². The molecular formula is C14H20N2O3. The van der Waals surface area contributed by atoms with E-state index in [1.807, 2.05) is 13.8 Å². The number of carbonyl (C=O) groups is 2. The zero-order chi connectivity index (χ0) is 14.3. The zero-order valence-electron chi connectivity index (χ0n) is 11.6. The molecule has 0 atom stereocenters. The summed E-state index contributed by atoms with van der Waals surface area (Å²) in [6.45, 7) is 5.01. The van der Waals surface area contributed by atoms with Crippen molar-refractivity contribution in [2.45, 2.75) is 20.3 Å². The van der Waals surface area contributed by atoms with Gasteiger partial charge in [0.1, 0.15) is 12.2 Å². The van der Waals surface area contributed by atoms with Crippen molar-refractivity contribution in [1.82, 2.24) is 4.90 Å². The molecule has 0 aliphatic heterocycles. The zero-order valence-corrected chi connectivity index (χ0v) is 11.6. The molecule has 1 rings (SSSR count). The average molecular weight is 264 g/mol. The minimum atomic E-state index is -0.315. The molecule has 0 spiro atoms. The van der Waals surface area contributed by atoms with Gasteiger partial charge >= 0.3 is 0 Å². The number of benzene rings is 1. The summed E-state index contributed by atoms with van der Waals surface area (Å²) >= 11 is 0. The number of nitrogens with one attached hydrogen (secondary N) is 1. The number of anilines is 1. The molecule has 1 N–H and O–H groups in total. The molecule has 2 amide bonds. The number of nitrogens with zero attached hydrogens (tertiary/aromatic N) is 1. The van der Waals surface area contributed by atoms with Crippen LogP contribution in [0.25, 0.3) is 0 Å². The van der Waals surface area contributed by atoms with Crippen LogP contribution in [0.2, 0.25) is 0 Å². The van der Waals surface area contributed by atoms with Gasteiger partial charge in [-0.1, -0.05) is 6.07 Å². The number of amides is 2. The van der Waals surface area contributed by atoms with Crippen LogP contribution in [0, 0.1) is 0 Å². The number of carbonyl (C=O) groups excluding carboxylic acids is 2. The monoisotopic (exact) mass is 264 g/mol. The van der Waals surface area contributed by atoms with Crippen LogP contribution in [0.5, 0.6) is 5.75 Å². The van der Waals surface area contributed by atoms with Gasteiger partial charge in [-0.25, -0.2) is 0 Å². The Morgan fingerprint density at radius 1 is 1.26 bits per heavy atom. The quantitative estimate of drug-likeness (QED) is 0.798. The SMILES string of the molecule is CCN(CC)C(=O)CC(=O)Nc1cccc(OC)c1. The lowest BCUT2D eigenvalue weighted by atomic mass is 10.2. The fraction of sp³-hybridized carbons (Fsp3) is 0.429. The number of hydrogen-bond donors (Lipinski definition) is 1. The third-order valence-electron chi connectivity index (χ3n) is 2.78. The molecule has 0 heterocycles. The number of methoxy groups -OCH3 is 1. The van der Waals surface area contributed by atoms with Gasteiger partial charge in [0.2, 0.25) is 11.8 Å². The summed E-state index contributed by atoms with van der Waals surface area (Å²) in [6.07, 6.45) is -0.140. The van der Waals surface area contributed by atoms with Crippen LogP contribution < -0.4 is 10.1 Å². The van der Waals surface area contributed by atoms with Crippen LogP contribution in [-0.2, 0) is 9.59 Å². The van der Waals surface area contributed by atoms with E-state index in [0.717, 1.165) is 0 Å². The third-order valence-corrected chi connectivity index (χ3v) is 2.78. The third kappa shape index (κ3) is 4.62. The highest BCUT2D eigenvalue weighted by atomic mass is 16.5. The number of hydrogen-bond acceptors (Lipinski definition) is 3. The Morgan fingerprint density at radius 3 is 2.53 bits per heavy atom. The van der Waals surface area contributed by atoms with Gasteiger partial charge in [-0.15, -0.1) is 0 Å². The highest BCUT2D eigenvalue weighted by Crippen LogP contribution is 2.16. The second-order valence-electron chi connectivity index (χ2n) is 4.02. The molecule has 0 saturated carbocycles. The largest absolute Gasteiger partial charge is 0.497 e. The summed E-state index contributed by atoms with van der Waals surface area (Å²) in [5.74, 6) is 0.184. The first-order valence-electron chi connectivity index (χ1n) is 6.32. The maximum absolute atomic E-state index is 11.8. The molecule has 0 fully saturated rings. The van der Waals surface area contributed by atoms with Gasteiger partial charge in [-0.2, -0.15) is 0 Å². The van der Waals surface area contributed by atoms with Gasteiger partial charge in [0, 0.05) is 24.8 Å². The molecule has 0 unspecified atom stereocenters. The Hall–Kier alpha value is -2.04. The summed E-state index contributed by atoms with van der Waals surface area (Å²) in [7, 11) is 1.56. The van der Waals surface area contributed by atoms with E-state index in [-0.39, 0.29) is 18.2 Å². The molecule has 0 radical (unpaired) electrons. The van der Waals surface area contributed by atoms with E-state index < -0.39 is 0 Å². The predicted octanol–water partition coefficient (Wildman–Crippen LogP) is 1.89. The van der Waals surface area contributed by atoms with Crippen LogP contribution in [0.3, 0.4) is 0 Å². The molecule has 104 valence electrons. The van der Waals surface area contributed by atoms with Crippen LogP contribution in [0.4, 0.5) is 5.69 Å². The lowest BCUT2D eigenvalue weighted by molar-refractivity contribution is -0.134. The fourth-order valence-corrected chi connectivity index (χ4v) is 1.73. The Balaban J connectivity index is 2.57. The van der Waals surface area contributed by atoms with Crippen molar-refractivity contribution in [1.29, 1.82) is 0 Å². The molecule has 19 heavy (non-hydrogen) atoms. The van der Waals surface area contributed by atoms with Crippen molar-refractivity contribution in [2.75, 3.05) is 25.5 Å². The van der Waals surface area contributed by atoms with E-state index in [2.05, 4.69) is 5.32 Å². The lowest BCUT2D eigenvalue weighted by Gasteiger charge is -2.18. The Labute approximate surface area is 113 Å². The Morgan fingerprint density at radius 2 is 1.95 bits per heavy atom. The van der Waals surface area contributed by atoms with Crippen molar-refractivity contribution in [3.05, 3.63) is 24.3 Å². The molecule has 1 aromatic carbocycles. The van der Waals surface area contributed by atoms with Crippen molar-refractivity contribution in [3.63, 3.8) is 0 Å². The molecule has 5 nitrogen and oxygen atoms in total. The van der Waals surface area contributed by atoms with Crippen molar-refractivity contribution in [2.24, 2.45) is 0 Å². The highest BCUT2D eigenvalue weighted by Gasteiger charge is 2.14. The molecule has 0 bridgehead atoms. The molecule has 0 aromatic heterocycles. The first kappa shape index (κ1) is 15.0. The standard InChI is InChI=1S/C14H20N2O3/c1-4-16(5-2)14(18)10-13(17)15-11-7-6-8-12(9-11)19-3/h6-9H,4-5,10H2,1-3H3,(H,15,17). The van der Waals surface area contributed by atoms with Crippen molar-refractivity contribution in [3.8, 4) is 5.75 Å². The minimum Gasteiger partial charge on any atom is -0.497 e. The molecule has 0 aliphatic rings. The normalized spacial score (nSPS) is 9.84. The first-order valence-corrected chi connectivity index (χ1v) is 6.32. The van der Waals surface area contributed by atoms with Gasteiger partial charge in [0.15, 0.2) is 0 Å². The maximum Gasteiger partial charge on any atom is 0.233 e. The van der Waals surface area contributed by atoms with E-state index in [9.17, 15) is 9.59 Å². The van der Waals surface area contributed by atoms with E-state index in [1.165, 1.54) is 0 Å². The van der Waals surface area contributed by atoms with Crippen molar-refractivity contribution < 1.29 is 14.3 Å². The minimum absolute atomic E-state index is 0.140. The van der Waals surface area contributed by atoms with E-state index >= 15 is 0 Å². The van der Waals surface area contributed by atoms with Gasteiger partial charge in [0.05, 0.1) is 7.11 Å². The molecule has 1 aromatic rings. The van der Waals surface area contributed by atoms with Gasteiger partial charge in [-0.05, 0) is 26.0 Å². The van der Waals surface area contributed by atoms with Crippen molar-refractivity contribution >= 4 is 17.5 Å². The summed E-state index contributed by atoms with van der Waals surface area (Å²) in [4.78, 5) is 25.2. The van der Waals surface area contributed by atoms with Crippen LogP contribution in [0.15, 0.2) is 24.3 Å². The summed E-state index contributed by atoms with van der Waals surface area (Å²) in [5.41, 5.74) is 0.622. The topological polar surface area (TPSA) is 58.6 Å². The van der Waals surface area contributed by atoms with Crippen LogP contribution in [0.1, 0.15) is 20.3 Å². The molecule has 0 aliphatic carbocycles. The average Bonchev–Trinajstić information content (AvgIpc) is 2.40. The van der Waals surface area contributed by atoms with Gasteiger partial charge in [-0.3, -0.25) is 9.59 Å². The van der Waals surface area contributed by atoms with Gasteiger partial charge in [0.25, 0.3) is 0 Å². The number of rotatable bonds is 6. The molecular weight excluding hydrogens is 244 g/mol. The molecule has 0 saturated heterocycles. The summed E-state index contributed by atoms with van der Waals surface area (Å²) in [5, 5.41) is 2.68. The van der Waals surface area contributed by atoms with E-state index in [1.54, 1.807) is 36.3 Å². The smallest absolute Gasteiger partial charge is 0.233 e. The summed E-state index contributed by atoms with van der Waals surface area (Å²) in [6, 6.07) is 7.03. The fourth-order valence-electron chi connectivity index (χ4n) is 1.73. The summed E-state index contributed by atoms with van der Waals surface area (Å²) < 4.78 is 5.06. The first-order chi connectivity index (χ1) is 9.10. The van der Waals surface area contributed by atoms with Crippen LogP contribution in [-0.4, -0.2) is 36.9 Å². The maximum atomic E-state index is 11.8.